The summed E-state index contributed by atoms with van der Waals surface area (Å²) in [4.78, 5) is 42.9. The second-order valence-electron chi connectivity index (χ2n) is 10.6. The predicted octanol–water partition coefficient (Wildman–Crippen LogP) is 1.82. The summed E-state index contributed by atoms with van der Waals surface area (Å²) < 4.78 is 17.4. The third-order valence-corrected chi connectivity index (χ3v) is 7.66. The number of benzene rings is 2. The summed E-state index contributed by atoms with van der Waals surface area (Å²) in [5.41, 5.74) is 1.26. The number of nitrogens with zero attached hydrogens (tertiary/aromatic N) is 2. The van der Waals surface area contributed by atoms with Crippen LogP contribution < -0.4 is 24.8 Å². The number of amides is 3. The normalized spacial score (nSPS) is 22.7. The molecule has 10 heteroatoms. The van der Waals surface area contributed by atoms with Crippen LogP contribution in [0.5, 0.6) is 17.2 Å². The number of ether oxygens (including phenoxy) is 3. The predicted molar refractivity (Wildman–Crippen MR) is 144 cm³/mol. The van der Waals surface area contributed by atoms with Crippen molar-refractivity contribution in [1.29, 1.82) is 0 Å². The van der Waals surface area contributed by atoms with Gasteiger partial charge in [0.15, 0.2) is 18.1 Å². The number of nitrogens with one attached hydrogen (secondary N) is 2. The van der Waals surface area contributed by atoms with Gasteiger partial charge in [-0.05, 0) is 67.7 Å². The number of fused-ring (bicyclic) bond motifs is 7. The Labute approximate surface area is 228 Å². The van der Waals surface area contributed by atoms with Crippen LogP contribution >= 0.6 is 0 Å². The Kier molecular flexibility index (Phi) is 8.21. The van der Waals surface area contributed by atoms with Crippen molar-refractivity contribution in [3.63, 3.8) is 0 Å². The zero-order chi connectivity index (χ0) is 27.4. The highest BCUT2D eigenvalue weighted by molar-refractivity contribution is 5.95. The Bertz CT molecular complexity index is 1190. The van der Waals surface area contributed by atoms with E-state index < -0.39 is 12.1 Å². The first kappa shape index (κ1) is 26.8. The van der Waals surface area contributed by atoms with Crippen molar-refractivity contribution in [2.75, 3.05) is 46.4 Å². The van der Waals surface area contributed by atoms with Crippen LogP contribution in [-0.4, -0.2) is 86.1 Å². The highest BCUT2D eigenvalue weighted by atomic mass is 16.5. The summed E-state index contributed by atoms with van der Waals surface area (Å²) in [7, 11) is 1.50. The van der Waals surface area contributed by atoms with Crippen LogP contribution in [0.1, 0.15) is 35.7 Å². The summed E-state index contributed by atoms with van der Waals surface area (Å²) in [6.45, 7) is 5.33. The molecule has 0 radical (unpaired) electrons. The number of hydrogen-bond acceptors (Lipinski definition) is 7. The van der Waals surface area contributed by atoms with Crippen molar-refractivity contribution in [1.82, 2.24) is 20.4 Å². The molecule has 4 aliphatic rings. The van der Waals surface area contributed by atoms with Crippen LogP contribution in [0, 0.1) is 5.92 Å². The molecule has 39 heavy (non-hydrogen) atoms. The minimum Gasteiger partial charge on any atom is -0.493 e. The minimum atomic E-state index is -0.422. The number of carbonyl (C=O) groups is 3. The van der Waals surface area contributed by atoms with Crippen molar-refractivity contribution < 1.29 is 28.6 Å². The van der Waals surface area contributed by atoms with Gasteiger partial charge in [-0.25, -0.2) is 0 Å². The maximum absolute atomic E-state index is 13.3. The average molecular weight is 537 g/mol. The van der Waals surface area contributed by atoms with E-state index in [1.165, 1.54) is 7.11 Å². The Morgan fingerprint density at radius 1 is 1.08 bits per heavy atom. The molecule has 208 valence electrons. The van der Waals surface area contributed by atoms with Crippen LogP contribution in [-0.2, 0) is 16.1 Å². The van der Waals surface area contributed by atoms with E-state index in [9.17, 15) is 14.4 Å². The molecule has 4 bridgehead atoms. The van der Waals surface area contributed by atoms with Crippen molar-refractivity contribution >= 4 is 17.7 Å². The lowest BCUT2D eigenvalue weighted by Gasteiger charge is -2.30. The molecule has 4 heterocycles. The lowest BCUT2D eigenvalue weighted by Crippen LogP contribution is -2.45. The fourth-order valence-electron chi connectivity index (χ4n) is 5.19. The topological polar surface area (TPSA) is 109 Å². The molecule has 2 aromatic rings. The first-order valence-electron chi connectivity index (χ1n) is 13.5. The molecule has 0 aromatic heterocycles. The van der Waals surface area contributed by atoms with E-state index in [0.717, 1.165) is 31.5 Å². The Morgan fingerprint density at radius 2 is 1.85 bits per heavy atom. The van der Waals surface area contributed by atoms with Crippen LogP contribution in [0.25, 0.3) is 0 Å². The standard InChI is InChI=1S/C29H36N4O6/c1-19-9-11-32(12-10-19)17-28(35)33-15-23-26(16-33)39-22-6-3-20(4-7-22)14-30-27(34)18-38-25-13-21(29(36)31-23)5-8-24(25)37-2/h3-8,13,19,23,26H,9-12,14-18H2,1-2H3,(H,30,34)(H,31,36)/t23-,26-/m0/s1. The van der Waals surface area contributed by atoms with E-state index in [2.05, 4.69) is 22.5 Å². The SMILES string of the molecule is COc1ccc2cc1OCC(=O)NCc1ccc(cc1)O[C@H]1CN(C(=O)CN3CCC(C)CC3)C[C@@H]1NC2=O. The van der Waals surface area contributed by atoms with Gasteiger partial charge in [0.25, 0.3) is 11.8 Å². The van der Waals surface area contributed by atoms with Crippen molar-refractivity contribution in [2.45, 2.75) is 38.5 Å². The number of methoxy groups -OCH3 is 1. The van der Waals surface area contributed by atoms with Gasteiger partial charge in [0.05, 0.1) is 26.2 Å². The maximum atomic E-state index is 13.3. The first-order chi connectivity index (χ1) is 18.9. The first-order valence-corrected chi connectivity index (χ1v) is 13.5. The molecule has 0 unspecified atom stereocenters. The number of piperidine rings is 1. The van der Waals surface area contributed by atoms with Crippen molar-refractivity contribution in [3.05, 3.63) is 53.6 Å². The van der Waals surface area contributed by atoms with Crippen molar-refractivity contribution in [2.24, 2.45) is 5.92 Å². The van der Waals surface area contributed by atoms with Crippen molar-refractivity contribution in [3.8, 4) is 17.2 Å². The average Bonchev–Trinajstić information content (AvgIpc) is 3.34. The van der Waals surface area contributed by atoms with Crippen LogP contribution in [0.2, 0.25) is 0 Å². The summed E-state index contributed by atoms with van der Waals surface area (Å²) in [5, 5.41) is 5.89. The summed E-state index contributed by atoms with van der Waals surface area (Å²) in [5.74, 6) is 1.45. The van der Waals surface area contributed by atoms with Gasteiger partial charge in [0, 0.05) is 18.7 Å². The van der Waals surface area contributed by atoms with Gasteiger partial charge in [0.2, 0.25) is 5.91 Å². The largest absolute Gasteiger partial charge is 0.493 e. The fraction of sp³-hybridized carbons (Fsp3) is 0.483. The minimum absolute atomic E-state index is 0.0447. The number of rotatable bonds is 3. The van der Waals surface area contributed by atoms with Gasteiger partial charge in [-0.15, -0.1) is 0 Å². The van der Waals surface area contributed by atoms with E-state index in [-0.39, 0.29) is 24.3 Å². The van der Waals surface area contributed by atoms with E-state index in [0.29, 0.717) is 54.9 Å². The molecule has 6 rings (SSSR count). The highest BCUT2D eigenvalue weighted by Crippen LogP contribution is 2.29. The zero-order valence-electron chi connectivity index (χ0n) is 22.5. The van der Waals surface area contributed by atoms with Crippen LogP contribution in [0.3, 0.4) is 0 Å². The third kappa shape index (κ3) is 6.62. The van der Waals surface area contributed by atoms with Crippen LogP contribution in [0.4, 0.5) is 0 Å². The molecule has 2 fully saturated rings. The molecule has 2 aromatic carbocycles. The lowest BCUT2D eigenvalue weighted by molar-refractivity contribution is -0.132. The zero-order valence-corrected chi connectivity index (χ0v) is 22.5. The monoisotopic (exact) mass is 536 g/mol. The molecule has 2 saturated heterocycles. The Balaban J connectivity index is 1.37. The molecule has 0 spiro atoms. The Hall–Kier alpha value is -3.79. The number of likely N-dealkylation sites (tertiary alicyclic amines) is 2. The van der Waals surface area contributed by atoms with Gasteiger partial charge in [0.1, 0.15) is 11.9 Å². The number of hydrogen-bond donors (Lipinski definition) is 2. The number of carbonyl (C=O) groups excluding carboxylic acids is 3. The smallest absolute Gasteiger partial charge is 0.258 e. The fourth-order valence-corrected chi connectivity index (χ4v) is 5.19. The third-order valence-electron chi connectivity index (χ3n) is 7.66. The van der Waals surface area contributed by atoms with Gasteiger partial charge in [-0.3, -0.25) is 19.3 Å². The molecule has 0 aliphatic carbocycles. The van der Waals surface area contributed by atoms with E-state index in [1.807, 2.05) is 24.3 Å². The molecule has 10 nitrogen and oxygen atoms in total. The summed E-state index contributed by atoms with van der Waals surface area (Å²) >= 11 is 0. The molecular formula is C29H36N4O6. The second kappa shape index (κ2) is 11.9. The summed E-state index contributed by atoms with van der Waals surface area (Å²) in [6, 6.07) is 11.8. The highest BCUT2D eigenvalue weighted by Gasteiger charge is 2.38. The van der Waals surface area contributed by atoms with Crippen LogP contribution in [0.15, 0.2) is 42.5 Å². The molecular weight excluding hydrogens is 500 g/mol. The quantitative estimate of drug-likeness (QED) is 0.616. The van der Waals surface area contributed by atoms with Gasteiger partial charge < -0.3 is 29.7 Å². The Morgan fingerprint density at radius 3 is 2.59 bits per heavy atom. The van der Waals surface area contributed by atoms with Gasteiger partial charge in [-0.2, -0.15) is 0 Å². The molecule has 3 amide bonds. The van der Waals surface area contributed by atoms with E-state index >= 15 is 0 Å². The van der Waals surface area contributed by atoms with Gasteiger partial charge in [-0.1, -0.05) is 19.1 Å². The summed E-state index contributed by atoms with van der Waals surface area (Å²) in [6.07, 6.45) is 1.78. The molecule has 0 saturated carbocycles. The molecule has 2 atom stereocenters. The maximum Gasteiger partial charge on any atom is 0.258 e. The lowest BCUT2D eigenvalue weighted by atomic mass is 9.99. The molecule has 2 N–H and O–H groups in total. The van der Waals surface area contributed by atoms with Gasteiger partial charge >= 0.3 is 0 Å². The molecule has 4 aliphatic heterocycles. The van der Waals surface area contributed by atoms with E-state index in [4.69, 9.17) is 14.2 Å². The van der Waals surface area contributed by atoms with E-state index in [1.54, 1.807) is 23.1 Å². The second-order valence-corrected chi connectivity index (χ2v) is 10.6.